The Morgan fingerprint density at radius 3 is 2.35 bits per heavy atom. The predicted molar refractivity (Wildman–Crippen MR) is 120 cm³/mol. The Kier molecular flexibility index (Phi) is 5.10. The highest BCUT2D eigenvalue weighted by Gasteiger charge is 2.26. The van der Waals surface area contributed by atoms with Gasteiger partial charge in [0, 0.05) is 24.0 Å². The molecule has 5 nitrogen and oxygen atoms in total. The van der Waals surface area contributed by atoms with Crippen molar-refractivity contribution >= 4 is 17.6 Å². The Morgan fingerprint density at radius 2 is 1.61 bits per heavy atom. The molecule has 5 heteroatoms. The van der Waals surface area contributed by atoms with Gasteiger partial charge in [0.1, 0.15) is 0 Å². The van der Waals surface area contributed by atoms with Crippen molar-refractivity contribution in [2.75, 3.05) is 4.90 Å². The second-order valence-electron chi connectivity index (χ2n) is 8.62. The van der Waals surface area contributed by atoms with E-state index in [9.17, 15) is 14.7 Å². The van der Waals surface area contributed by atoms with Crippen LogP contribution in [0.15, 0.2) is 60.8 Å². The maximum atomic E-state index is 13.6. The van der Waals surface area contributed by atoms with Gasteiger partial charge < -0.3 is 14.6 Å². The van der Waals surface area contributed by atoms with E-state index >= 15 is 0 Å². The zero-order chi connectivity index (χ0) is 21.4. The molecule has 2 aromatic carbocycles. The first-order valence-electron chi connectivity index (χ1n) is 11.0. The molecular weight excluding hydrogens is 388 g/mol. The smallest absolute Gasteiger partial charge is 0.335 e. The molecule has 1 amide bonds. The second-order valence-corrected chi connectivity index (χ2v) is 8.62. The molecule has 0 unspecified atom stereocenters. The summed E-state index contributed by atoms with van der Waals surface area (Å²) in [6.45, 7) is 1.02. The van der Waals surface area contributed by atoms with Gasteiger partial charge in [-0.25, -0.2) is 4.79 Å². The molecule has 0 radical (unpaired) electrons. The monoisotopic (exact) mass is 414 g/mol. The molecule has 1 aliphatic heterocycles. The van der Waals surface area contributed by atoms with E-state index in [0.717, 1.165) is 11.3 Å². The lowest BCUT2D eigenvalue weighted by molar-refractivity contribution is 0.0696. The molecule has 0 bridgehead atoms. The molecule has 0 atom stereocenters. The van der Waals surface area contributed by atoms with Crippen molar-refractivity contribution in [3.8, 4) is 0 Å². The number of aromatic carboxylic acids is 1. The average Bonchev–Trinajstić information content (AvgIpc) is 3.18. The summed E-state index contributed by atoms with van der Waals surface area (Å²) in [4.78, 5) is 26.9. The minimum absolute atomic E-state index is 0.103. The van der Waals surface area contributed by atoms with Gasteiger partial charge in [0.05, 0.1) is 17.8 Å². The van der Waals surface area contributed by atoms with Gasteiger partial charge in [-0.05, 0) is 66.3 Å². The van der Waals surface area contributed by atoms with E-state index in [4.69, 9.17) is 0 Å². The fourth-order valence-electron chi connectivity index (χ4n) is 4.93. The van der Waals surface area contributed by atoms with Crippen molar-refractivity contribution in [2.45, 2.75) is 51.1 Å². The number of carboxylic acids is 1. The Morgan fingerprint density at radius 1 is 0.871 bits per heavy atom. The number of hydrogen-bond donors (Lipinski definition) is 1. The minimum Gasteiger partial charge on any atom is -0.478 e. The molecule has 158 valence electrons. The standard InChI is InChI=1S/C26H26N2O3/c29-25(20-10-8-19(9-11-20)18-5-2-1-3-6-18)28-17-23-7-4-14-27(23)16-22-13-12-21(26(30)31)15-24(22)28/h4,7-15,18H,1-3,5-6,16-17H2,(H,30,31). The van der Waals surface area contributed by atoms with E-state index < -0.39 is 5.97 Å². The van der Waals surface area contributed by atoms with E-state index in [1.54, 1.807) is 17.0 Å². The molecule has 31 heavy (non-hydrogen) atoms. The number of benzene rings is 2. The van der Waals surface area contributed by atoms with Gasteiger partial charge in [-0.3, -0.25) is 4.79 Å². The summed E-state index contributed by atoms with van der Waals surface area (Å²) in [7, 11) is 0. The fourth-order valence-corrected chi connectivity index (χ4v) is 4.93. The number of fused-ring (bicyclic) bond motifs is 2. The minimum atomic E-state index is -0.990. The molecule has 2 aliphatic rings. The molecule has 3 aromatic rings. The maximum Gasteiger partial charge on any atom is 0.335 e. The number of hydrogen-bond acceptors (Lipinski definition) is 2. The van der Waals surface area contributed by atoms with Gasteiger partial charge in [0.25, 0.3) is 5.91 Å². The molecule has 1 fully saturated rings. The fraction of sp³-hybridized carbons (Fsp3) is 0.308. The van der Waals surface area contributed by atoms with Gasteiger partial charge in [-0.1, -0.05) is 37.5 Å². The number of aromatic nitrogens is 1. The predicted octanol–water partition coefficient (Wildman–Crippen LogP) is 5.44. The number of rotatable bonds is 3. The highest BCUT2D eigenvalue weighted by molar-refractivity contribution is 6.07. The molecule has 0 saturated heterocycles. The van der Waals surface area contributed by atoms with Crippen LogP contribution in [0, 0.1) is 0 Å². The van der Waals surface area contributed by atoms with Crippen LogP contribution in [0.1, 0.15) is 75.6 Å². The third-order valence-corrected chi connectivity index (χ3v) is 6.69. The van der Waals surface area contributed by atoms with Gasteiger partial charge in [-0.2, -0.15) is 0 Å². The number of carbonyl (C=O) groups excluding carboxylic acids is 1. The van der Waals surface area contributed by atoms with E-state index in [-0.39, 0.29) is 11.5 Å². The van der Waals surface area contributed by atoms with Gasteiger partial charge in [-0.15, -0.1) is 0 Å². The van der Waals surface area contributed by atoms with Crippen molar-refractivity contribution < 1.29 is 14.7 Å². The quantitative estimate of drug-likeness (QED) is 0.620. The average molecular weight is 415 g/mol. The summed E-state index contributed by atoms with van der Waals surface area (Å²) >= 11 is 0. The first-order chi connectivity index (χ1) is 15.1. The van der Waals surface area contributed by atoms with Gasteiger partial charge in [0.15, 0.2) is 0 Å². The molecule has 0 spiro atoms. The van der Waals surface area contributed by atoms with Crippen molar-refractivity contribution in [2.24, 2.45) is 0 Å². The lowest BCUT2D eigenvalue weighted by Gasteiger charge is -2.24. The van der Waals surface area contributed by atoms with Crippen LogP contribution in [-0.2, 0) is 13.1 Å². The van der Waals surface area contributed by atoms with Crippen LogP contribution in [0.4, 0.5) is 5.69 Å². The number of carboxylic acid groups (broad SMARTS) is 1. The Labute approximate surface area is 181 Å². The van der Waals surface area contributed by atoms with Crippen LogP contribution in [0.2, 0.25) is 0 Å². The van der Waals surface area contributed by atoms with Crippen LogP contribution in [-0.4, -0.2) is 21.6 Å². The lowest BCUT2D eigenvalue weighted by Crippen LogP contribution is -2.30. The van der Waals surface area contributed by atoms with Crippen molar-refractivity contribution in [3.05, 3.63) is 88.7 Å². The molecule has 5 rings (SSSR count). The molecule has 1 saturated carbocycles. The SMILES string of the molecule is O=C(O)c1ccc2c(c1)N(C(=O)c1ccc(C3CCCCC3)cc1)Cc1cccn1C2. The first kappa shape index (κ1) is 19.6. The zero-order valence-corrected chi connectivity index (χ0v) is 17.5. The van der Waals surface area contributed by atoms with E-state index in [2.05, 4.69) is 16.7 Å². The summed E-state index contributed by atoms with van der Waals surface area (Å²) in [6, 6.07) is 17.1. The largest absolute Gasteiger partial charge is 0.478 e. The molecule has 2 heterocycles. The molecule has 1 aliphatic carbocycles. The topological polar surface area (TPSA) is 62.5 Å². The van der Waals surface area contributed by atoms with Gasteiger partial charge >= 0.3 is 5.97 Å². The van der Waals surface area contributed by atoms with Crippen LogP contribution in [0.25, 0.3) is 0 Å². The number of carbonyl (C=O) groups is 2. The zero-order valence-electron chi connectivity index (χ0n) is 17.5. The normalized spacial score (nSPS) is 16.3. The van der Waals surface area contributed by atoms with E-state index in [1.807, 2.05) is 36.5 Å². The number of anilines is 1. The summed E-state index contributed by atoms with van der Waals surface area (Å²) in [5.74, 6) is -0.497. The van der Waals surface area contributed by atoms with Gasteiger partial charge in [0.2, 0.25) is 0 Å². The Balaban J connectivity index is 1.50. The summed E-state index contributed by atoms with van der Waals surface area (Å²) in [5, 5.41) is 9.48. The van der Waals surface area contributed by atoms with Crippen molar-refractivity contribution in [1.82, 2.24) is 4.57 Å². The molecule has 1 aromatic heterocycles. The van der Waals surface area contributed by atoms with Crippen LogP contribution in [0.5, 0.6) is 0 Å². The maximum absolute atomic E-state index is 13.6. The highest BCUT2D eigenvalue weighted by Crippen LogP contribution is 2.34. The third-order valence-electron chi connectivity index (χ3n) is 6.69. The molecule has 1 N–H and O–H groups in total. The van der Waals surface area contributed by atoms with Crippen LogP contribution >= 0.6 is 0 Å². The second kappa shape index (κ2) is 8.06. The summed E-state index contributed by atoms with van der Waals surface area (Å²) in [5.41, 5.74) is 4.77. The van der Waals surface area contributed by atoms with E-state index in [0.29, 0.717) is 30.3 Å². The van der Waals surface area contributed by atoms with Crippen LogP contribution < -0.4 is 4.90 Å². The van der Waals surface area contributed by atoms with E-state index in [1.165, 1.54) is 37.7 Å². The molecular formula is C26H26N2O3. The Bertz CT molecular complexity index is 1120. The highest BCUT2D eigenvalue weighted by atomic mass is 16.4. The lowest BCUT2D eigenvalue weighted by atomic mass is 9.84. The number of nitrogens with zero attached hydrogens (tertiary/aromatic N) is 2. The summed E-state index contributed by atoms with van der Waals surface area (Å²) < 4.78 is 2.11. The first-order valence-corrected chi connectivity index (χ1v) is 11.0. The van der Waals surface area contributed by atoms with Crippen molar-refractivity contribution in [1.29, 1.82) is 0 Å². The summed E-state index contributed by atoms with van der Waals surface area (Å²) in [6.07, 6.45) is 8.32. The third kappa shape index (κ3) is 3.76. The Hall–Kier alpha value is -3.34. The van der Waals surface area contributed by atoms with Crippen LogP contribution in [0.3, 0.4) is 0 Å². The van der Waals surface area contributed by atoms with Crippen molar-refractivity contribution in [3.63, 3.8) is 0 Å². The number of amides is 1.